The Morgan fingerprint density at radius 3 is 2.53 bits per heavy atom. The number of nitrogens with one attached hydrogen (secondary N) is 3. The van der Waals surface area contributed by atoms with Gasteiger partial charge in [-0.15, -0.1) is 0 Å². The summed E-state index contributed by atoms with van der Waals surface area (Å²) < 4.78 is 28.0. The van der Waals surface area contributed by atoms with Gasteiger partial charge >= 0.3 is 0 Å². The van der Waals surface area contributed by atoms with E-state index >= 15 is 0 Å². The third kappa shape index (κ3) is 5.07. The summed E-state index contributed by atoms with van der Waals surface area (Å²) in [6.07, 6.45) is 3.00. The van der Waals surface area contributed by atoms with E-state index in [0.29, 0.717) is 17.3 Å². The molecule has 2 heterocycles. The van der Waals surface area contributed by atoms with Gasteiger partial charge in [0.25, 0.3) is 5.91 Å². The molecule has 7 nitrogen and oxygen atoms in total. The summed E-state index contributed by atoms with van der Waals surface area (Å²) in [5.74, 6) is -3.06. The first-order valence-electron chi connectivity index (χ1n) is 11.0. The summed E-state index contributed by atoms with van der Waals surface area (Å²) in [5.41, 5.74) is 6.31. The summed E-state index contributed by atoms with van der Waals surface area (Å²) in [6, 6.07) is 10.4. The van der Waals surface area contributed by atoms with Gasteiger partial charge in [0.05, 0.1) is 5.56 Å². The van der Waals surface area contributed by atoms with Gasteiger partial charge in [0.15, 0.2) is 5.13 Å². The van der Waals surface area contributed by atoms with Crippen molar-refractivity contribution in [3.63, 3.8) is 0 Å². The topological polar surface area (TPSA) is 109 Å². The van der Waals surface area contributed by atoms with E-state index in [1.54, 1.807) is 24.3 Å². The molecule has 2 aromatic carbocycles. The third-order valence-corrected chi connectivity index (χ3v) is 6.77. The minimum absolute atomic E-state index is 0.0615. The molecule has 34 heavy (non-hydrogen) atoms. The number of halogens is 2. The lowest BCUT2D eigenvalue weighted by atomic mass is 10.0. The molecule has 0 spiro atoms. The fourth-order valence-electron chi connectivity index (χ4n) is 4.00. The zero-order chi connectivity index (χ0) is 24.2. The van der Waals surface area contributed by atoms with Crippen LogP contribution in [0.5, 0.6) is 0 Å². The first-order chi connectivity index (χ1) is 16.4. The molecule has 1 aromatic heterocycles. The standard InChI is InChI=1S/C24H25F2N5O2S/c1-2-17(18-7-4-12-28-18)30-23(33)13-8-10-14(11-9-13)29-24-31-22(27)21(34-24)20(32)19-15(25)5-3-6-16(19)26/h3,5-6,8-11,17-18,28H,2,4,7,12,27H2,1H3,(H,29,31)(H,30,33)/t17?,18-/m0/s1. The predicted octanol–water partition coefficient (Wildman–Crippen LogP) is 4.24. The normalized spacial score (nSPS) is 16.3. The Hall–Kier alpha value is -3.37. The largest absolute Gasteiger partial charge is 0.382 e. The summed E-state index contributed by atoms with van der Waals surface area (Å²) in [4.78, 5) is 29.3. The monoisotopic (exact) mass is 485 g/mol. The van der Waals surface area contributed by atoms with Crippen molar-refractivity contribution < 1.29 is 18.4 Å². The highest BCUT2D eigenvalue weighted by Crippen LogP contribution is 2.31. The Kier molecular flexibility index (Phi) is 7.18. The van der Waals surface area contributed by atoms with E-state index in [-0.39, 0.29) is 27.8 Å². The first-order valence-corrected chi connectivity index (χ1v) is 11.9. The van der Waals surface area contributed by atoms with Crippen LogP contribution in [0.25, 0.3) is 0 Å². The summed E-state index contributed by atoms with van der Waals surface area (Å²) in [5, 5.41) is 9.81. The van der Waals surface area contributed by atoms with E-state index in [9.17, 15) is 18.4 Å². The Morgan fingerprint density at radius 1 is 1.21 bits per heavy atom. The number of hydrogen-bond acceptors (Lipinski definition) is 7. The second-order valence-electron chi connectivity index (χ2n) is 8.05. The lowest BCUT2D eigenvalue weighted by molar-refractivity contribution is 0.0927. The third-order valence-electron chi connectivity index (χ3n) is 5.79. The molecule has 3 aromatic rings. The highest BCUT2D eigenvalue weighted by Gasteiger charge is 2.26. The number of aromatic nitrogens is 1. The molecule has 1 amide bonds. The molecule has 4 rings (SSSR count). The maximum absolute atomic E-state index is 14.0. The molecular formula is C24H25F2N5O2S. The number of nitrogen functional groups attached to an aromatic ring is 1. The highest BCUT2D eigenvalue weighted by molar-refractivity contribution is 7.18. The number of benzene rings is 2. The molecule has 0 bridgehead atoms. The van der Waals surface area contributed by atoms with Crippen molar-refractivity contribution in [2.24, 2.45) is 0 Å². The molecule has 0 saturated carbocycles. The minimum atomic E-state index is -0.963. The van der Waals surface area contributed by atoms with Crippen LogP contribution in [0.3, 0.4) is 0 Å². The van der Waals surface area contributed by atoms with Crippen molar-refractivity contribution in [1.82, 2.24) is 15.6 Å². The quantitative estimate of drug-likeness (QED) is 0.356. The fraction of sp³-hybridized carbons (Fsp3) is 0.292. The zero-order valence-corrected chi connectivity index (χ0v) is 19.3. The summed E-state index contributed by atoms with van der Waals surface area (Å²) >= 11 is 0.894. The van der Waals surface area contributed by atoms with Gasteiger partial charge in [-0.2, -0.15) is 0 Å². The summed E-state index contributed by atoms with van der Waals surface area (Å²) in [7, 11) is 0. The van der Waals surface area contributed by atoms with Gasteiger partial charge in [-0.05, 0) is 62.2 Å². The summed E-state index contributed by atoms with van der Waals surface area (Å²) in [6.45, 7) is 3.03. The molecule has 1 aliphatic heterocycles. The number of anilines is 3. The lowest BCUT2D eigenvalue weighted by Crippen LogP contribution is -2.47. The van der Waals surface area contributed by atoms with Crippen molar-refractivity contribution in [1.29, 1.82) is 0 Å². The Bertz CT molecular complexity index is 1170. The van der Waals surface area contributed by atoms with Crippen LogP contribution in [0, 0.1) is 11.6 Å². The second kappa shape index (κ2) is 10.3. The second-order valence-corrected chi connectivity index (χ2v) is 9.05. The van der Waals surface area contributed by atoms with Gasteiger partial charge in [-0.3, -0.25) is 9.59 Å². The lowest BCUT2D eigenvalue weighted by Gasteiger charge is -2.23. The van der Waals surface area contributed by atoms with E-state index in [1.807, 2.05) is 0 Å². The van der Waals surface area contributed by atoms with Gasteiger partial charge in [0, 0.05) is 23.3 Å². The fourth-order valence-corrected chi connectivity index (χ4v) is 4.85. The average Bonchev–Trinajstić information content (AvgIpc) is 3.47. The molecule has 0 aliphatic carbocycles. The van der Waals surface area contributed by atoms with E-state index in [2.05, 4.69) is 27.9 Å². The molecule has 1 saturated heterocycles. The Labute approximate surface area is 199 Å². The van der Waals surface area contributed by atoms with Crippen molar-refractivity contribution in [2.75, 3.05) is 17.6 Å². The van der Waals surface area contributed by atoms with Gasteiger partial charge in [0.2, 0.25) is 5.78 Å². The Morgan fingerprint density at radius 2 is 1.91 bits per heavy atom. The average molecular weight is 486 g/mol. The van der Waals surface area contributed by atoms with Gasteiger partial charge in [0.1, 0.15) is 22.3 Å². The number of nitrogens with zero attached hydrogens (tertiary/aromatic N) is 1. The molecule has 5 N–H and O–H groups in total. The van der Waals surface area contributed by atoms with Crippen LogP contribution in [-0.2, 0) is 0 Å². The van der Waals surface area contributed by atoms with Gasteiger partial charge < -0.3 is 21.7 Å². The highest BCUT2D eigenvalue weighted by atomic mass is 32.1. The van der Waals surface area contributed by atoms with Crippen molar-refractivity contribution in [2.45, 2.75) is 38.3 Å². The van der Waals surface area contributed by atoms with Crippen molar-refractivity contribution >= 4 is 39.7 Å². The number of thiazole rings is 1. The number of carbonyl (C=O) groups is 2. The maximum atomic E-state index is 14.0. The molecule has 178 valence electrons. The van der Waals surface area contributed by atoms with E-state index in [1.165, 1.54) is 6.07 Å². The van der Waals surface area contributed by atoms with Crippen LogP contribution in [-0.4, -0.2) is 35.3 Å². The number of rotatable bonds is 8. The molecular weight excluding hydrogens is 460 g/mol. The van der Waals surface area contributed by atoms with E-state index < -0.39 is 23.0 Å². The molecule has 0 radical (unpaired) electrons. The molecule has 10 heteroatoms. The van der Waals surface area contributed by atoms with Crippen molar-refractivity contribution in [3.05, 3.63) is 70.1 Å². The van der Waals surface area contributed by atoms with Crippen LogP contribution in [0.4, 0.5) is 25.4 Å². The predicted molar refractivity (Wildman–Crippen MR) is 129 cm³/mol. The van der Waals surface area contributed by atoms with E-state index in [4.69, 9.17) is 5.73 Å². The van der Waals surface area contributed by atoms with Gasteiger partial charge in [-0.1, -0.05) is 24.3 Å². The van der Waals surface area contributed by atoms with Crippen LogP contribution in [0.1, 0.15) is 51.8 Å². The van der Waals surface area contributed by atoms with E-state index in [0.717, 1.165) is 49.3 Å². The number of amides is 1. The SMILES string of the molecule is CCC(NC(=O)c1ccc(Nc2nc(N)c(C(=O)c3c(F)cccc3F)s2)cc1)[C@@H]1CCCN1. The molecule has 1 aliphatic rings. The number of carbonyl (C=O) groups excluding carboxylic acids is 2. The van der Waals surface area contributed by atoms with Crippen LogP contribution in [0.15, 0.2) is 42.5 Å². The maximum Gasteiger partial charge on any atom is 0.251 e. The number of hydrogen-bond donors (Lipinski definition) is 4. The number of nitrogens with two attached hydrogens (primary N) is 1. The van der Waals surface area contributed by atoms with Crippen LogP contribution < -0.4 is 21.7 Å². The van der Waals surface area contributed by atoms with Gasteiger partial charge in [-0.25, -0.2) is 13.8 Å². The minimum Gasteiger partial charge on any atom is -0.382 e. The molecule has 2 atom stereocenters. The van der Waals surface area contributed by atoms with Crippen LogP contribution in [0.2, 0.25) is 0 Å². The Balaban J connectivity index is 1.44. The van der Waals surface area contributed by atoms with Crippen molar-refractivity contribution in [3.8, 4) is 0 Å². The first kappa shape index (κ1) is 23.8. The van der Waals surface area contributed by atoms with Crippen LogP contribution >= 0.6 is 11.3 Å². The smallest absolute Gasteiger partial charge is 0.251 e. The number of ketones is 1. The zero-order valence-electron chi connectivity index (χ0n) is 18.5. The molecule has 1 fully saturated rings. The molecule has 1 unspecified atom stereocenters.